The summed E-state index contributed by atoms with van der Waals surface area (Å²) in [4.78, 5) is 24.1. The predicted molar refractivity (Wildman–Crippen MR) is 145 cm³/mol. The van der Waals surface area contributed by atoms with Gasteiger partial charge in [0.15, 0.2) is 0 Å². The summed E-state index contributed by atoms with van der Waals surface area (Å²) in [7, 11) is 1.71. The van der Waals surface area contributed by atoms with Crippen LogP contribution in [-0.2, 0) is 23.7 Å². The molecule has 2 aromatic rings. The van der Waals surface area contributed by atoms with Crippen LogP contribution in [0.4, 0.5) is 0 Å². The van der Waals surface area contributed by atoms with E-state index < -0.39 is 11.9 Å². The normalized spacial score (nSPS) is 9.62. The van der Waals surface area contributed by atoms with E-state index in [-0.39, 0.29) is 52.9 Å². The Bertz CT molecular complexity index is 757. The van der Waals surface area contributed by atoms with E-state index in [9.17, 15) is 9.59 Å². The smallest absolute Gasteiger partial charge is 0.338 e. The first-order chi connectivity index (χ1) is 18.1. The molecular formula is C28H46O9. The van der Waals surface area contributed by atoms with Crippen molar-refractivity contribution >= 4 is 22.7 Å². The van der Waals surface area contributed by atoms with Crippen molar-refractivity contribution in [1.29, 1.82) is 0 Å². The molecule has 212 valence electrons. The molecule has 0 saturated heterocycles. The Morgan fingerprint density at radius 1 is 0.649 bits per heavy atom. The standard InChI is InChI=1S/C20H24O8.C4H10O.2C2H6/c21-5-7-25-9-11-27-19(23)17-3-1-15-13-18(4-2-16(15)14-17)20(24)28-12-10-26-8-6-22;1-3-4-5-2;2*1-2/h1-4,13-14,21-22H,5-12H2;3-4H2,1-2H3;2*1-2H3. The molecule has 0 saturated carbocycles. The van der Waals surface area contributed by atoms with Crippen molar-refractivity contribution in [2.45, 2.75) is 41.0 Å². The van der Waals surface area contributed by atoms with E-state index in [4.69, 9.17) is 33.9 Å². The summed E-state index contributed by atoms with van der Waals surface area (Å²) < 4.78 is 25.0. The van der Waals surface area contributed by atoms with Crippen LogP contribution < -0.4 is 0 Å². The number of rotatable bonds is 14. The molecule has 0 aromatic heterocycles. The number of hydrogen-bond donors (Lipinski definition) is 2. The molecule has 2 N–H and O–H groups in total. The Hall–Kier alpha value is -2.56. The summed E-state index contributed by atoms with van der Waals surface area (Å²) in [5.41, 5.74) is 0.789. The number of hydrogen-bond acceptors (Lipinski definition) is 9. The highest BCUT2D eigenvalue weighted by Gasteiger charge is 2.11. The number of ether oxygens (including phenoxy) is 5. The zero-order chi connectivity index (χ0) is 28.3. The first kappa shape index (κ1) is 36.6. The van der Waals surface area contributed by atoms with Gasteiger partial charge >= 0.3 is 11.9 Å². The van der Waals surface area contributed by atoms with Crippen molar-refractivity contribution in [2.24, 2.45) is 0 Å². The van der Waals surface area contributed by atoms with E-state index in [0.29, 0.717) is 11.1 Å². The highest BCUT2D eigenvalue weighted by Crippen LogP contribution is 2.19. The number of carbonyl (C=O) groups is 2. The summed E-state index contributed by atoms with van der Waals surface area (Å²) in [5.74, 6) is -0.943. The minimum Gasteiger partial charge on any atom is -0.460 e. The molecule has 2 aromatic carbocycles. The molecule has 2 rings (SSSR count). The number of carbonyl (C=O) groups excluding carboxylic acids is 2. The Morgan fingerprint density at radius 2 is 1.05 bits per heavy atom. The monoisotopic (exact) mass is 526 g/mol. The topological polar surface area (TPSA) is 121 Å². The van der Waals surface area contributed by atoms with Gasteiger partial charge in [0.25, 0.3) is 0 Å². The molecule has 0 aliphatic heterocycles. The van der Waals surface area contributed by atoms with Gasteiger partial charge in [0.1, 0.15) is 13.2 Å². The van der Waals surface area contributed by atoms with Gasteiger partial charge in [-0.3, -0.25) is 0 Å². The van der Waals surface area contributed by atoms with E-state index in [2.05, 4.69) is 6.92 Å². The molecule has 0 atom stereocenters. The van der Waals surface area contributed by atoms with Crippen molar-refractivity contribution in [1.82, 2.24) is 0 Å². The second kappa shape index (κ2) is 26.5. The maximum absolute atomic E-state index is 12.1. The Kier molecular flexibility index (Phi) is 26.2. The first-order valence-electron chi connectivity index (χ1n) is 12.8. The summed E-state index contributed by atoms with van der Waals surface area (Å²) in [5, 5.41) is 18.8. The zero-order valence-electron chi connectivity index (χ0n) is 23.3. The molecule has 0 amide bonds. The molecule has 0 fully saturated rings. The lowest BCUT2D eigenvalue weighted by Gasteiger charge is -2.08. The average Bonchev–Trinajstić information content (AvgIpc) is 2.95. The maximum Gasteiger partial charge on any atom is 0.338 e. The fourth-order valence-electron chi connectivity index (χ4n) is 2.59. The van der Waals surface area contributed by atoms with Gasteiger partial charge in [-0.05, 0) is 41.5 Å². The molecule has 0 aliphatic carbocycles. The lowest BCUT2D eigenvalue weighted by molar-refractivity contribution is 0.0253. The van der Waals surface area contributed by atoms with E-state index in [1.807, 2.05) is 27.7 Å². The van der Waals surface area contributed by atoms with E-state index in [1.165, 1.54) is 0 Å². The van der Waals surface area contributed by atoms with Gasteiger partial charge in [-0.1, -0.05) is 46.8 Å². The van der Waals surface area contributed by atoms with Gasteiger partial charge in [-0.15, -0.1) is 0 Å². The fraction of sp³-hybridized carbons (Fsp3) is 0.571. The molecular weight excluding hydrogens is 480 g/mol. The number of benzene rings is 2. The highest BCUT2D eigenvalue weighted by atomic mass is 16.6. The van der Waals surface area contributed by atoms with E-state index in [0.717, 1.165) is 23.8 Å². The van der Waals surface area contributed by atoms with Crippen molar-refractivity contribution in [3.8, 4) is 0 Å². The third kappa shape index (κ3) is 17.5. The van der Waals surface area contributed by atoms with Gasteiger partial charge in [0, 0.05) is 13.7 Å². The van der Waals surface area contributed by atoms with Crippen LogP contribution in [0.5, 0.6) is 0 Å². The number of methoxy groups -OCH3 is 1. The second-order valence-corrected chi connectivity index (χ2v) is 6.71. The van der Waals surface area contributed by atoms with E-state index in [1.54, 1.807) is 43.5 Å². The third-order valence-electron chi connectivity index (χ3n) is 4.11. The lowest BCUT2D eigenvalue weighted by Crippen LogP contribution is -2.12. The molecule has 9 heteroatoms. The van der Waals surface area contributed by atoms with E-state index >= 15 is 0 Å². The SMILES string of the molecule is CC.CC.CCCOC.O=C(OCCOCCO)c1ccc2cc(C(=O)OCCOCCO)ccc2c1. The number of esters is 2. The molecule has 0 heterocycles. The van der Waals surface area contributed by atoms with Gasteiger partial charge < -0.3 is 33.9 Å². The van der Waals surface area contributed by atoms with Crippen molar-refractivity contribution in [2.75, 3.05) is 66.6 Å². The molecule has 0 aliphatic rings. The Labute approximate surface area is 221 Å². The summed E-state index contributed by atoms with van der Waals surface area (Å²) >= 11 is 0. The molecule has 0 radical (unpaired) electrons. The quantitative estimate of drug-likeness (QED) is 0.275. The van der Waals surface area contributed by atoms with Crippen LogP contribution in [0, 0.1) is 0 Å². The first-order valence-corrected chi connectivity index (χ1v) is 12.8. The number of aliphatic hydroxyl groups is 2. The van der Waals surface area contributed by atoms with Crippen molar-refractivity contribution < 1.29 is 43.5 Å². The van der Waals surface area contributed by atoms with Gasteiger partial charge in [0.2, 0.25) is 0 Å². The third-order valence-corrected chi connectivity index (χ3v) is 4.11. The maximum atomic E-state index is 12.1. The van der Waals surface area contributed by atoms with Gasteiger partial charge in [-0.2, -0.15) is 0 Å². The van der Waals surface area contributed by atoms with Crippen molar-refractivity contribution in [3.63, 3.8) is 0 Å². The molecule has 0 unspecified atom stereocenters. The van der Waals surface area contributed by atoms with Gasteiger partial charge in [0.05, 0.1) is 50.8 Å². The molecule has 9 nitrogen and oxygen atoms in total. The van der Waals surface area contributed by atoms with Crippen LogP contribution in [0.15, 0.2) is 36.4 Å². The van der Waals surface area contributed by atoms with Crippen molar-refractivity contribution in [3.05, 3.63) is 47.5 Å². The summed E-state index contributed by atoms with van der Waals surface area (Å²) in [6.07, 6.45) is 1.12. The lowest BCUT2D eigenvalue weighted by atomic mass is 10.0. The van der Waals surface area contributed by atoms with Crippen LogP contribution in [0.3, 0.4) is 0 Å². The number of fused-ring (bicyclic) bond motifs is 1. The van der Waals surface area contributed by atoms with Gasteiger partial charge in [-0.25, -0.2) is 9.59 Å². The summed E-state index contributed by atoms with van der Waals surface area (Å²) in [6.45, 7) is 11.9. The molecule has 37 heavy (non-hydrogen) atoms. The van der Waals surface area contributed by atoms with Crippen LogP contribution in [0.1, 0.15) is 61.8 Å². The Morgan fingerprint density at radius 3 is 1.35 bits per heavy atom. The minimum atomic E-state index is -0.471. The van der Waals surface area contributed by atoms with Crippen LogP contribution in [0.25, 0.3) is 10.8 Å². The predicted octanol–water partition coefficient (Wildman–Crippen LogP) is 4.27. The minimum absolute atomic E-state index is 0.0777. The van der Waals surface area contributed by atoms with Crippen LogP contribution >= 0.6 is 0 Å². The zero-order valence-corrected chi connectivity index (χ0v) is 23.3. The van der Waals surface area contributed by atoms with Crippen LogP contribution in [-0.4, -0.2) is 88.7 Å². The Balaban J connectivity index is 0. The largest absolute Gasteiger partial charge is 0.460 e. The summed E-state index contributed by atoms with van der Waals surface area (Å²) in [6, 6.07) is 10.1. The highest BCUT2D eigenvalue weighted by molar-refractivity contribution is 5.99. The number of aliphatic hydroxyl groups excluding tert-OH is 2. The van der Waals surface area contributed by atoms with Crippen LogP contribution in [0.2, 0.25) is 0 Å². The molecule has 0 spiro atoms. The second-order valence-electron chi connectivity index (χ2n) is 6.71. The molecule has 0 bridgehead atoms. The fourth-order valence-corrected chi connectivity index (χ4v) is 2.59. The average molecular weight is 527 g/mol.